The lowest BCUT2D eigenvalue weighted by atomic mass is 10.2. The van der Waals surface area contributed by atoms with E-state index in [1.165, 1.54) is 0 Å². The van der Waals surface area contributed by atoms with Crippen molar-refractivity contribution >= 4 is 17.3 Å². The van der Waals surface area contributed by atoms with Crippen LogP contribution in [0, 0.1) is 0 Å². The zero-order valence-electron chi connectivity index (χ0n) is 7.43. The Kier molecular flexibility index (Phi) is 8.42. The zero-order chi connectivity index (χ0) is 9.23. The monoisotopic (exact) mass is 191 g/mol. The van der Waals surface area contributed by atoms with Crippen LogP contribution in [0.3, 0.4) is 0 Å². The molecule has 0 amide bonds. The highest BCUT2D eigenvalue weighted by Gasteiger charge is 1.91. The minimum absolute atomic E-state index is 0.502. The number of thiocarbonyl (C=S) groups is 1. The summed E-state index contributed by atoms with van der Waals surface area (Å²) in [6, 6.07) is 0. The predicted octanol–water partition coefficient (Wildman–Crippen LogP) is 0.141. The average Bonchev–Trinajstić information content (AvgIpc) is 2.10. The molecule has 0 atom stereocenters. The number of hydrazine groups is 1. The SMILES string of the molecule is COCCCCCNC(=S)NN. The molecular weight excluding hydrogens is 174 g/mol. The minimum atomic E-state index is 0.502. The van der Waals surface area contributed by atoms with E-state index in [1.54, 1.807) is 7.11 Å². The van der Waals surface area contributed by atoms with Crippen molar-refractivity contribution in [3.8, 4) is 0 Å². The molecule has 0 aliphatic heterocycles. The number of nitrogens with one attached hydrogen (secondary N) is 2. The maximum absolute atomic E-state index is 5.06. The van der Waals surface area contributed by atoms with E-state index in [0.717, 1.165) is 32.4 Å². The zero-order valence-corrected chi connectivity index (χ0v) is 8.25. The first-order valence-corrected chi connectivity index (χ1v) is 4.45. The molecule has 0 fully saturated rings. The van der Waals surface area contributed by atoms with Crippen molar-refractivity contribution in [1.29, 1.82) is 0 Å². The number of ether oxygens (including phenoxy) is 1. The average molecular weight is 191 g/mol. The molecule has 0 heterocycles. The summed E-state index contributed by atoms with van der Waals surface area (Å²) in [6.45, 7) is 1.70. The Morgan fingerprint density at radius 1 is 1.42 bits per heavy atom. The van der Waals surface area contributed by atoms with E-state index >= 15 is 0 Å². The van der Waals surface area contributed by atoms with Gasteiger partial charge < -0.3 is 15.5 Å². The molecular formula is C7H17N3OS. The molecule has 0 aromatic carbocycles. The summed E-state index contributed by atoms with van der Waals surface area (Å²) in [6.07, 6.45) is 3.33. The predicted molar refractivity (Wildman–Crippen MR) is 53.7 cm³/mol. The van der Waals surface area contributed by atoms with Gasteiger partial charge in [0.25, 0.3) is 0 Å². The molecule has 0 spiro atoms. The van der Waals surface area contributed by atoms with Crippen molar-refractivity contribution in [2.45, 2.75) is 19.3 Å². The van der Waals surface area contributed by atoms with E-state index in [4.69, 9.17) is 22.8 Å². The van der Waals surface area contributed by atoms with E-state index < -0.39 is 0 Å². The Hall–Kier alpha value is -0.390. The van der Waals surface area contributed by atoms with Gasteiger partial charge in [0.2, 0.25) is 0 Å². The highest BCUT2D eigenvalue weighted by Crippen LogP contribution is 1.93. The Balaban J connectivity index is 2.95. The van der Waals surface area contributed by atoms with Crippen molar-refractivity contribution in [3.05, 3.63) is 0 Å². The molecule has 0 saturated carbocycles. The molecule has 5 heteroatoms. The minimum Gasteiger partial charge on any atom is -0.385 e. The molecule has 72 valence electrons. The van der Waals surface area contributed by atoms with E-state index in [9.17, 15) is 0 Å². The third kappa shape index (κ3) is 7.71. The summed E-state index contributed by atoms with van der Waals surface area (Å²) in [5, 5.41) is 3.47. The first kappa shape index (κ1) is 11.6. The second-order valence-electron chi connectivity index (χ2n) is 2.45. The van der Waals surface area contributed by atoms with E-state index in [2.05, 4.69) is 10.7 Å². The Bertz CT molecular complexity index is 121. The smallest absolute Gasteiger partial charge is 0.180 e. The second-order valence-corrected chi connectivity index (χ2v) is 2.86. The second kappa shape index (κ2) is 8.70. The molecule has 0 rings (SSSR count). The van der Waals surface area contributed by atoms with Crippen molar-refractivity contribution in [3.63, 3.8) is 0 Å². The van der Waals surface area contributed by atoms with Gasteiger partial charge in [-0.05, 0) is 31.5 Å². The summed E-state index contributed by atoms with van der Waals surface area (Å²) in [5.41, 5.74) is 2.36. The molecule has 12 heavy (non-hydrogen) atoms. The van der Waals surface area contributed by atoms with Crippen LogP contribution < -0.4 is 16.6 Å². The standard InChI is InChI=1S/C7H17N3OS/c1-11-6-4-2-3-5-9-7(12)10-8/h2-6,8H2,1H3,(H2,9,10,12). The quantitative estimate of drug-likeness (QED) is 0.241. The van der Waals surface area contributed by atoms with Gasteiger partial charge >= 0.3 is 0 Å². The molecule has 0 aromatic rings. The maximum atomic E-state index is 5.06. The van der Waals surface area contributed by atoms with Crippen LogP contribution in [0.15, 0.2) is 0 Å². The molecule has 4 nitrogen and oxygen atoms in total. The fourth-order valence-corrected chi connectivity index (χ4v) is 0.903. The van der Waals surface area contributed by atoms with Gasteiger partial charge in [0.1, 0.15) is 0 Å². The van der Waals surface area contributed by atoms with Gasteiger partial charge in [0.15, 0.2) is 5.11 Å². The summed E-state index contributed by atoms with van der Waals surface area (Å²) >= 11 is 4.78. The van der Waals surface area contributed by atoms with Crippen molar-refractivity contribution < 1.29 is 4.74 Å². The molecule has 4 N–H and O–H groups in total. The van der Waals surface area contributed by atoms with Gasteiger partial charge in [0, 0.05) is 20.3 Å². The van der Waals surface area contributed by atoms with Crippen molar-refractivity contribution in [2.24, 2.45) is 5.84 Å². The van der Waals surface area contributed by atoms with Crippen LogP contribution in [-0.4, -0.2) is 25.4 Å². The highest BCUT2D eigenvalue weighted by molar-refractivity contribution is 7.80. The summed E-state index contributed by atoms with van der Waals surface area (Å²) in [7, 11) is 1.71. The Morgan fingerprint density at radius 2 is 2.17 bits per heavy atom. The third-order valence-electron chi connectivity index (χ3n) is 1.44. The van der Waals surface area contributed by atoms with Crippen LogP contribution >= 0.6 is 12.2 Å². The topological polar surface area (TPSA) is 59.3 Å². The molecule has 0 unspecified atom stereocenters. The lowest BCUT2D eigenvalue weighted by Gasteiger charge is -2.05. The highest BCUT2D eigenvalue weighted by atomic mass is 32.1. The Labute approximate surface area is 78.8 Å². The number of methoxy groups -OCH3 is 1. The van der Waals surface area contributed by atoms with Crippen LogP contribution in [0.25, 0.3) is 0 Å². The number of hydrogen-bond acceptors (Lipinski definition) is 3. The lowest BCUT2D eigenvalue weighted by Crippen LogP contribution is -2.39. The first-order chi connectivity index (χ1) is 5.81. The van der Waals surface area contributed by atoms with Crippen LogP contribution in [0.1, 0.15) is 19.3 Å². The van der Waals surface area contributed by atoms with Gasteiger partial charge in [-0.1, -0.05) is 0 Å². The molecule has 0 aromatic heterocycles. The molecule has 0 bridgehead atoms. The number of rotatable bonds is 6. The van der Waals surface area contributed by atoms with Crippen molar-refractivity contribution in [1.82, 2.24) is 10.7 Å². The molecule has 0 aliphatic rings. The van der Waals surface area contributed by atoms with Crippen LogP contribution in [-0.2, 0) is 4.74 Å². The summed E-state index contributed by atoms with van der Waals surface area (Å²) in [4.78, 5) is 0. The van der Waals surface area contributed by atoms with Crippen molar-refractivity contribution in [2.75, 3.05) is 20.3 Å². The fourth-order valence-electron chi connectivity index (χ4n) is 0.801. The Morgan fingerprint density at radius 3 is 2.75 bits per heavy atom. The van der Waals surface area contributed by atoms with Crippen LogP contribution in [0.5, 0.6) is 0 Å². The summed E-state index contributed by atoms with van der Waals surface area (Å²) in [5.74, 6) is 5.06. The largest absolute Gasteiger partial charge is 0.385 e. The number of unbranched alkanes of at least 4 members (excludes halogenated alkanes) is 2. The van der Waals surface area contributed by atoms with Crippen LogP contribution in [0.4, 0.5) is 0 Å². The van der Waals surface area contributed by atoms with Gasteiger partial charge in [-0.2, -0.15) is 0 Å². The van der Waals surface area contributed by atoms with Crippen LogP contribution in [0.2, 0.25) is 0 Å². The van der Waals surface area contributed by atoms with Gasteiger partial charge in [-0.25, -0.2) is 5.84 Å². The van der Waals surface area contributed by atoms with E-state index in [0.29, 0.717) is 5.11 Å². The number of nitrogens with two attached hydrogens (primary N) is 1. The molecule has 0 radical (unpaired) electrons. The van der Waals surface area contributed by atoms with Gasteiger partial charge in [-0.3, -0.25) is 0 Å². The van der Waals surface area contributed by atoms with Gasteiger partial charge in [0.05, 0.1) is 0 Å². The molecule has 0 saturated heterocycles. The first-order valence-electron chi connectivity index (χ1n) is 4.04. The molecule has 0 aliphatic carbocycles. The van der Waals surface area contributed by atoms with Gasteiger partial charge in [-0.15, -0.1) is 0 Å². The third-order valence-corrected chi connectivity index (χ3v) is 1.70. The summed E-state index contributed by atoms with van der Waals surface area (Å²) < 4.78 is 4.91. The van der Waals surface area contributed by atoms with E-state index in [-0.39, 0.29) is 0 Å². The number of hydrogen-bond donors (Lipinski definition) is 3. The lowest BCUT2D eigenvalue weighted by molar-refractivity contribution is 0.192. The maximum Gasteiger partial charge on any atom is 0.180 e. The normalized spacial score (nSPS) is 9.50. The van der Waals surface area contributed by atoms with E-state index in [1.807, 2.05) is 0 Å². The fraction of sp³-hybridized carbons (Fsp3) is 0.857.